The van der Waals surface area contributed by atoms with Crippen LogP contribution in [0.4, 0.5) is 0 Å². The van der Waals surface area contributed by atoms with E-state index >= 15 is 0 Å². The van der Waals surface area contributed by atoms with E-state index in [2.05, 4.69) is 4.99 Å². The molecule has 13 heavy (non-hydrogen) atoms. The van der Waals surface area contributed by atoms with Crippen molar-refractivity contribution in [1.82, 2.24) is 0 Å². The molecular formula is C10H11NOS. The van der Waals surface area contributed by atoms with Crippen molar-refractivity contribution in [3.05, 3.63) is 29.8 Å². The largest absolute Gasteiger partial charge is 0.434 e. The van der Waals surface area contributed by atoms with Crippen LogP contribution in [0.5, 0.6) is 5.75 Å². The summed E-state index contributed by atoms with van der Waals surface area (Å²) < 4.78 is 5.62. The first-order chi connectivity index (χ1) is 6.36. The minimum absolute atomic E-state index is 0.800. The number of aryl methyl sites for hydroxylation is 1. The van der Waals surface area contributed by atoms with Crippen molar-refractivity contribution in [2.24, 2.45) is 4.99 Å². The Morgan fingerprint density at radius 2 is 2.23 bits per heavy atom. The second-order valence-electron chi connectivity index (χ2n) is 2.86. The highest BCUT2D eigenvalue weighted by Gasteiger charge is 2.09. The van der Waals surface area contributed by atoms with Crippen molar-refractivity contribution in [1.29, 1.82) is 0 Å². The van der Waals surface area contributed by atoms with Crippen LogP contribution in [0.1, 0.15) is 5.56 Å². The van der Waals surface area contributed by atoms with Gasteiger partial charge in [0.05, 0.1) is 6.54 Å². The number of ether oxygens (including phenoxy) is 1. The number of hydrogen-bond acceptors (Lipinski definition) is 3. The average molecular weight is 193 g/mol. The molecule has 3 heteroatoms. The molecule has 0 radical (unpaired) electrons. The zero-order chi connectivity index (χ0) is 9.10. The third-order valence-electron chi connectivity index (χ3n) is 1.85. The Hall–Kier alpha value is -0.960. The molecule has 0 spiro atoms. The summed E-state index contributed by atoms with van der Waals surface area (Å²) in [7, 11) is 0. The van der Waals surface area contributed by atoms with Gasteiger partial charge in [-0.15, -0.1) is 0 Å². The van der Waals surface area contributed by atoms with Gasteiger partial charge in [-0.1, -0.05) is 30.0 Å². The quantitative estimate of drug-likeness (QED) is 0.683. The van der Waals surface area contributed by atoms with Gasteiger partial charge in [-0.3, -0.25) is 0 Å². The predicted octanol–water partition coefficient (Wildman–Crippen LogP) is 2.48. The summed E-state index contributed by atoms with van der Waals surface area (Å²) in [6.45, 7) is 2.92. The fraction of sp³-hybridized carbons (Fsp3) is 0.300. The maximum atomic E-state index is 5.62. The minimum atomic E-state index is 0.800. The van der Waals surface area contributed by atoms with Gasteiger partial charge in [-0.2, -0.15) is 0 Å². The van der Waals surface area contributed by atoms with Gasteiger partial charge >= 0.3 is 0 Å². The molecule has 68 valence electrons. The summed E-state index contributed by atoms with van der Waals surface area (Å²) >= 11 is 1.67. The number of nitrogens with zero attached hydrogens (tertiary/aromatic N) is 1. The summed E-state index contributed by atoms with van der Waals surface area (Å²) in [5.41, 5.74) is 1.15. The number of benzene rings is 1. The molecule has 1 heterocycles. The van der Waals surface area contributed by atoms with Gasteiger partial charge in [0.15, 0.2) is 0 Å². The zero-order valence-electron chi connectivity index (χ0n) is 7.49. The topological polar surface area (TPSA) is 21.6 Å². The molecule has 0 N–H and O–H groups in total. The van der Waals surface area contributed by atoms with Crippen molar-refractivity contribution >= 4 is 17.0 Å². The fourth-order valence-corrected chi connectivity index (χ4v) is 1.83. The minimum Gasteiger partial charge on any atom is -0.434 e. The molecular weight excluding hydrogens is 182 g/mol. The molecule has 1 aliphatic heterocycles. The van der Waals surface area contributed by atoms with Crippen LogP contribution in [-0.2, 0) is 0 Å². The van der Waals surface area contributed by atoms with Crippen LogP contribution in [0.3, 0.4) is 0 Å². The second-order valence-corrected chi connectivity index (χ2v) is 3.91. The Bertz CT molecular complexity index is 335. The van der Waals surface area contributed by atoms with Crippen molar-refractivity contribution in [2.75, 3.05) is 12.3 Å². The van der Waals surface area contributed by atoms with E-state index in [1.54, 1.807) is 11.8 Å². The lowest BCUT2D eigenvalue weighted by Gasteiger charge is -2.05. The van der Waals surface area contributed by atoms with Gasteiger partial charge in [0.2, 0.25) is 0 Å². The first-order valence-corrected chi connectivity index (χ1v) is 5.25. The summed E-state index contributed by atoms with van der Waals surface area (Å²) in [6.07, 6.45) is 0. The van der Waals surface area contributed by atoms with E-state index in [-0.39, 0.29) is 0 Å². The highest BCUT2D eigenvalue weighted by Crippen LogP contribution is 2.21. The molecule has 0 amide bonds. The molecule has 0 saturated carbocycles. The lowest BCUT2D eigenvalue weighted by molar-refractivity contribution is 0.561. The van der Waals surface area contributed by atoms with Crippen molar-refractivity contribution in [2.45, 2.75) is 6.92 Å². The molecule has 2 rings (SSSR count). The molecule has 0 bridgehead atoms. The summed E-state index contributed by atoms with van der Waals surface area (Å²) in [5, 5.41) is 0.800. The van der Waals surface area contributed by atoms with Gasteiger partial charge in [-0.25, -0.2) is 4.99 Å². The highest BCUT2D eigenvalue weighted by molar-refractivity contribution is 8.13. The standard InChI is InChI=1S/C10H11NOS/c1-8-4-2-3-5-9(8)12-10-11-6-7-13-10/h2-5H,6-7H2,1H3. The summed E-state index contributed by atoms with van der Waals surface area (Å²) in [4.78, 5) is 4.23. The van der Waals surface area contributed by atoms with Gasteiger partial charge in [0.1, 0.15) is 5.75 Å². The van der Waals surface area contributed by atoms with E-state index < -0.39 is 0 Å². The highest BCUT2D eigenvalue weighted by atomic mass is 32.2. The van der Waals surface area contributed by atoms with Gasteiger partial charge in [0.25, 0.3) is 5.23 Å². The second kappa shape index (κ2) is 3.83. The molecule has 0 saturated heterocycles. The van der Waals surface area contributed by atoms with Crippen LogP contribution in [0.25, 0.3) is 0 Å². The number of hydrogen-bond donors (Lipinski definition) is 0. The predicted molar refractivity (Wildman–Crippen MR) is 56.6 cm³/mol. The lowest BCUT2D eigenvalue weighted by atomic mass is 10.2. The maximum absolute atomic E-state index is 5.62. The van der Waals surface area contributed by atoms with Crippen LogP contribution in [0.15, 0.2) is 29.3 Å². The Morgan fingerprint density at radius 3 is 2.92 bits per heavy atom. The third kappa shape index (κ3) is 2.04. The molecule has 2 nitrogen and oxygen atoms in total. The van der Waals surface area contributed by atoms with E-state index in [1.807, 2.05) is 31.2 Å². The molecule has 0 atom stereocenters. The lowest BCUT2D eigenvalue weighted by Crippen LogP contribution is -2.01. The van der Waals surface area contributed by atoms with E-state index in [0.717, 1.165) is 28.8 Å². The molecule has 0 unspecified atom stereocenters. The number of para-hydroxylation sites is 1. The number of aliphatic imine (C=N–C) groups is 1. The zero-order valence-corrected chi connectivity index (χ0v) is 8.30. The van der Waals surface area contributed by atoms with Crippen LogP contribution in [0.2, 0.25) is 0 Å². The van der Waals surface area contributed by atoms with E-state index in [4.69, 9.17) is 4.74 Å². The van der Waals surface area contributed by atoms with Gasteiger partial charge in [-0.05, 0) is 18.6 Å². The first-order valence-electron chi connectivity index (χ1n) is 4.27. The average Bonchev–Trinajstić information content (AvgIpc) is 2.61. The smallest absolute Gasteiger partial charge is 0.251 e. The van der Waals surface area contributed by atoms with Crippen molar-refractivity contribution in [3.63, 3.8) is 0 Å². The molecule has 0 aliphatic carbocycles. The van der Waals surface area contributed by atoms with Crippen LogP contribution < -0.4 is 4.74 Å². The molecule has 0 fully saturated rings. The molecule has 1 aliphatic rings. The summed E-state index contributed by atoms with van der Waals surface area (Å²) in [6, 6.07) is 7.99. The third-order valence-corrected chi connectivity index (χ3v) is 2.69. The van der Waals surface area contributed by atoms with Crippen LogP contribution in [-0.4, -0.2) is 17.5 Å². The van der Waals surface area contributed by atoms with Gasteiger partial charge < -0.3 is 4.74 Å². The van der Waals surface area contributed by atoms with Crippen molar-refractivity contribution < 1.29 is 4.74 Å². The Kier molecular flexibility index (Phi) is 2.54. The fourth-order valence-electron chi connectivity index (χ4n) is 1.14. The summed E-state index contributed by atoms with van der Waals surface area (Å²) in [5.74, 6) is 1.96. The number of rotatable bonds is 1. The molecule has 0 aromatic heterocycles. The Balaban J connectivity index is 2.13. The van der Waals surface area contributed by atoms with Crippen molar-refractivity contribution in [3.8, 4) is 5.75 Å². The molecule has 1 aromatic rings. The van der Waals surface area contributed by atoms with E-state index in [1.165, 1.54) is 0 Å². The molecule has 1 aromatic carbocycles. The van der Waals surface area contributed by atoms with Crippen LogP contribution in [0, 0.1) is 6.92 Å². The maximum Gasteiger partial charge on any atom is 0.251 e. The Labute approximate surface area is 82.0 Å². The van der Waals surface area contributed by atoms with E-state index in [9.17, 15) is 0 Å². The van der Waals surface area contributed by atoms with Crippen LogP contribution >= 0.6 is 11.8 Å². The monoisotopic (exact) mass is 193 g/mol. The van der Waals surface area contributed by atoms with Gasteiger partial charge in [0, 0.05) is 5.75 Å². The SMILES string of the molecule is Cc1ccccc1OC1=NCCS1. The Morgan fingerprint density at radius 1 is 1.38 bits per heavy atom. The normalized spacial score (nSPS) is 15.6. The first kappa shape index (κ1) is 8.63. The number of thioether (sulfide) groups is 1. The van der Waals surface area contributed by atoms with E-state index in [0.29, 0.717) is 0 Å².